The maximum absolute atomic E-state index is 9.69. The molecule has 0 aromatic heterocycles. The molecule has 0 spiro atoms. The highest BCUT2D eigenvalue weighted by Crippen LogP contribution is 2.34. The molecule has 2 rings (SSSR count). The Morgan fingerprint density at radius 3 is 2.94 bits per heavy atom. The fourth-order valence-electron chi connectivity index (χ4n) is 2.63. The lowest BCUT2D eigenvalue weighted by Gasteiger charge is -2.24. The van der Waals surface area contributed by atoms with Gasteiger partial charge in [0.15, 0.2) is 0 Å². The zero-order valence-corrected chi connectivity index (χ0v) is 11.7. The molecule has 18 heavy (non-hydrogen) atoms. The maximum Gasteiger partial charge on any atom is 0.0642 e. The average Bonchev–Trinajstić information content (AvgIpc) is 2.79. The first kappa shape index (κ1) is 13.7. The monoisotopic (exact) mass is 268 g/mol. The van der Waals surface area contributed by atoms with Crippen molar-refractivity contribution in [2.75, 3.05) is 25.0 Å². The van der Waals surface area contributed by atoms with Crippen LogP contribution in [0.15, 0.2) is 18.2 Å². The molecule has 3 nitrogen and oxygen atoms in total. The Hall–Kier alpha value is -0.770. The van der Waals surface area contributed by atoms with Gasteiger partial charge in [0.05, 0.1) is 16.8 Å². The van der Waals surface area contributed by atoms with Crippen molar-refractivity contribution in [2.24, 2.45) is 5.92 Å². The summed E-state index contributed by atoms with van der Waals surface area (Å²) < 4.78 is 0. The lowest BCUT2D eigenvalue weighted by atomic mass is 10.0. The van der Waals surface area contributed by atoms with Crippen LogP contribution in [0.5, 0.6) is 0 Å². The van der Waals surface area contributed by atoms with Gasteiger partial charge in [0, 0.05) is 25.6 Å². The Bertz CT molecular complexity index is 409. The maximum atomic E-state index is 9.69. The number of nitrogens with one attached hydrogen (secondary N) is 1. The van der Waals surface area contributed by atoms with Crippen molar-refractivity contribution < 1.29 is 5.11 Å². The van der Waals surface area contributed by atoms with E-state index in [-0.39, 0.29) is 6.10 Å². The average molecular weight is 269 g/mol. The number of halogens is 1. The number of nitrogens with zero attached hydrogens (tertiary/aromatic N) is 1. The van der Waals surface area contributed by atoms with Gasteiger partial charge >= 0.3 is 0 Å². The lowest BCUT2D eigenvalue weighted by molar-refractivity contribution is 0.136. The molecular weight excluding hydrogens is 248 g/mol. The van der Waals surface area contributed by atoms with E-state index in [1.54, 1.807) is 0 Å². The van der Waals surface area contributed by atoms with E-state index >= 15 is 0 Å². The number of aliphatic hydroxyl groups is 1. The number of para-hydroxylation sites is 1. The highest BCUT2D eigenvalue weighted by atomic mass is 35.5. The molecule has 1 aliphatic rings. The van der Waals surface area contributed by atoms with Gasteiger partial charge in [-0.05, 0) is 32.0 Å². The van der Waals surface area contributed by atoms with E-state index in [9.17, 15) is 5.11 Å². The zero-order valence-electron chi connectivity index (χ0n) is 11.0. The third-order valence-corrected chi connectivity index (χ3v) is 3.97. The Labute approximate surface area is 114 Å². The molecule has 0 saturated carbocycles. The summed E-state index contributed by atoms with van der Waals surface area (Å²) in [6.45, 7) is 4.54. The van der Waals surface area contributed by atoms with Crippen molar-refractivity contribution in [2.45, 2.75) is 26.0 Å². The highest BCUT2D eigenvalue weighted by molar-refractivity contribution is 6.33. The number of rotatable bonds is 4. The molecule has 4 heteroatoms. The third kappa shape index (κ3) is 2.79. The fourth-order valence-corrected chi connectivity index (χ4v) is 2.95. The standard InChI is InChI=1S/C14H21ClN2O/c1-10(18)12-6-7-17(9-12)14-11(8-16-2)4-3-5-13(14)15/h3-5,10,12,16,18H,6-9H2,1-2H3. The molecule has 1 heterocycles. The number of hydrogen-bond donors (Lipinski definition) is 2. The van der Waals surface area contributed by atoms with Crippen molar-refractivity contribution in [1.29, 1.82) is 0 Å². The van der Waals surface area contributed by atoms with Crippen LogP contribution in [0.4, 0.5) is 5.69 Å². The number of anilines is 1. The first-order valence-electron chi connectivity index (χ1n) is 6.48. The molecule has 1 aromatic rings. The van der Waals surface area contributed by atoms with Gasteiger partial charge in [-0.15, -0.1) is 0 Å². The predicted molar refractivity (Wildman–Crippen MR) is 76.2 cm³/mol. The quantitative estimate of drug-likeness (QED) is 0.879. The minimum atomic E-state index is -0.245. The topological polar surface area (TPSA) is 35.5 Å². The van der Waals surface area contributed by atoms with Crippen LogP contribution in [-0.4, -0.2) is 31.3 Å². The van der Waals surface area contributed by atoms with Crippen molar-refractivity contribution in [3.05, 3.63) is 28.8 Å². The van der Waals surface area contributed by atoms with E-state index in [0.717, 1.165) is 36.8 Å². The van der Waals surface area contributed by atoms with Crippen molar-refractivity contribution >= 4 is 17.3 Å². The molecule has 1 fully saturated rings. The molecule has 1 aliphatic heterocycles. The first-order chi connectivity index (χ1) is 8.63. The van der Waals surface area contributed by atoms with Crippen LogP contribution in [0, 0.1) is 5.92 Å². The summed E-state index contributed by atoms with van der Waals surface area (Å²) >= 11 is 6.34. The Morgan fingerprint density at radius 2 is 2.33 bits per heavy atom. The van der Waals surface area contributed by atoms with Crippen LogP contribution in [0.3, 0.4) is 0 Å². The summed E-state index contributed by atoms with van der Waals surface area (Å²) in [7, 11) is 1.94. The van der Waals surface area contributed by atoms with E-state index in [1.807, 2.05) is 26.1 Å². The zero-order chi connectivity index (χ0) is 13.1. The molecule has 1 aromatic carbocycles. The summed E-state index contributed by atoms with van der Waals surface area (Å²) in [6, 6.07) is 6.03. The summed E-state index contributed by atoms with van der Waals surface area (Å²) in [6.07, 6.45) is 0.784. The van der Waals surface area contributed by atoms with E-state index in [0.29, 0.717) is 5.92 Å². The number of hydrogen-bond acceptors (Lipinski definition) is 3. The van der Waals surface area contributed by atoms with E-state index in [2.05, 4.69) is 16.3 Å². The van der Waals surface area contributed by atoms with Gasteiger partial charge in [0.2, 0.25) is 0 Å². The predicted octanol–water partition coefficient (Wildman–Crippen LogP) is 2.27. The Morgan fingerprint density at radius 1 is 1.56 bits per heavy atom. The van der Waals surface area contributed by atoms with Crippen LogP contribution >= 0.6 is 11.6 Å². The van der Waals surface area contributed by atoms with Gasteiger partial charge in [0.1, 0.15) is 0 Å². The van der Waals surface area contributed by atoms with Crippen molar-refractivity contribution in [1.82, 2.24) is 5.32 Å². The first-order valence-corrected chi connectivity index (χ1v) is 6.86. The highest BCUT2D eigenvalue weighted by Gasteiger charge is 2.28. The summed E-state index contributed by atoms with van der Waals surface area (Å²) in [5, 5.41) is 13.7. The smallest absolute Gasteiger partial charge is 0.0642 e. The van der Waals surface area contributed by atoms with Crippen LogP contribution in [0.2, 0.25) is 5.02 Å². The minimum absolute atomic E-state index is 0.245. The van der Waals surface area contributed by atoms with Gasteiger partial charge < -0.3 is 15.3 Å². The Balaban J connectivity index is 2.23. The summed E-state index contributed by atoms with van der Waals surface area (Å²) in [5.74, 6) is 0.351. The molecule has 1 saturated heterocycles. The normalized spacial score (nSPS) is 21.3. The third-order valence-electron chi connectivity index (χ3n) is 3.66. The molecule has 2 atom stereocenters. The van der Waals surface area contributed by atoms with Gasteiger partial charge in [-0.1, -0.05) is 23.7 Å². The second kappa shape index (κ2) is 5.91. The van der Waals surface area contributed by atoms with Crippen molar-refractivity contribution in [3.8, 4) is 0 Å². The fraction of sp³-hybridized carbons (Fsp3) is 0.571. The largest absolute Gasteiger partial charge is 0.393 e. The lowest BCUT2D eigenvalue weighted by Crippen LogP contribution is -2.25. The number of benzene rings is 1. The summed E-state index contributed by atoms with van der Waals surface area (Å²) in [4.78, 5) is 2.30. The molecule has 2 N–H and O–H groups in total. The van der Waals surface area contributed by atoms with Gasteiger partial charge in [-0.2, -0.15) is 0 Å². The van der Waals surface area contributed by atoms with Crippen LogP contribution in [-0.2, 0) is 6.54 Å². The molecule has 0 radical (unpaired) electrons. The molecule has 2 unspecified atom stereocenters. The second-order valence-electron chi connectivity index (χ2n) is 5.01. The molecule has 100 valence electrons. The minimum Gasteiger partial charge on any atom is -0.393 e. The van der Waals surface area contributed by atoms with Gasteiger partial charge in [-0.3, -0.25) is 0 Å². The van der Waals surface area contributed by atoms with E-state index < -0.39 is 0 Å². The van der Waals surface area contributed by atoms with Gasteiger partial charge in [-0.25, -0.2) is 0 Å². The molecular formula is C14H21ClN2O. The van der Waals surface area contributed by atoms with Crippen LogP contribution in [0.25, 0.3) is 0 Å². The second-order valence-corrected chi connectivity index (χ2v) is 5.42. The molecule has 0 amide bonds. The van der Waals surface area contributed by atoms with Crippen LogP contribution < -0.4 is 10.2 Å². The SMILES string of the molecule is CNCc1cccc(Cl)c1N1CCC(C(C)O)C1. The Kier molecular flexibility index (Phi) is 4.49. The molecule has 0 bridgehead atoms. The van der Waals surface area contributed by atoms with Crippen LogP contribution in [0.1, 0.15) is 18.9 Å². The van der Waals surface area contributed by atoms with E-state index in [4.69, 9.17) is 11.6 Å². The number of aliphatic hydroxyl groups excluding tert-OH is 1. The van der Waals surface area contributed by atoms with Gasteiger partial charge in [0.25, 0.3) is 0 Å². The summed E-state index contributed by atoms with van der Waals surface area (Å²) in [5.41, 5.74) is 2.34. The molecule has 0 aliphatic carbocycles. The van der Waals surface area contributed by atoms with E-state index in [1.165, 1.54) is 5.56 Å². The van der Waals surface area contributed by atoms with Crippen molar-refractivity contribution in [3.63, 3.8) is 0 Å².